The molecule has 1 N–H and O–H groups in total. The highest BCUT2D eigenvalue weighted by atomic mass is 32.2. The van der Waals surface area contributed by atoms with Crippen molar-refractivity contribution >= 4 is 21.9 Å². The van der Waals surface area contributed by atoms with E-state index in [1.165, 1.54) is 19.9 Å². The third-order valence-electron chi connectivity index (χ3n) is 2.99. The highest BCUT2D eigenvalue weighted by molar-refractivity contribution is 7.96. The Bertz CT molecular complexity index is 671. The predicted molar refractivity (Wildman–Crippen MR) is 63.0 cm³/mol. The first-order valence-electron chi connectivity index (χ1n) is 5.17. The smallest absolute Gasteiger partial charge is 0.314 e. The van der Waals surface area contributed by atoms with Gasteiger partial charge in [0.05, 0.1) is 15.2 Å². The van der Waals surface area contributed by atoms with Crippen LogP contribution in [0.25, 0.3) is 6.08 Å². The number of carbonyl (C=O) groups is 1. The zero-order valence-electron chi connectivity index (χ0n) is 9.77. The standard InChI is InChI=1S/C12H11FO4S/c1-12(2,11(14)15)10-6-7-5-8(13)3-4-9(7)18(10,16)17/h3-6H,1-2H3,(H,14,15). The molecule has 0 aromatic heterocycles. The summed E-state index contributed by atoms with van der Waals surface area (Å²) in [4.78, 5) is 10.9. The molecular weight excluding hydrogens is 259 g/mol. The molecule has 2 rings (SSSR count). The largest absolute Gasteiger partial charge is 0.481 e. The first-order chi connectivity index (χ1) is 8.17. The number of hydrogen-bond donors (Lipinski definition) is 1. The summed E-state index contributed by atoms with van der Waals surface area (Å²) in [6.45, 7) is 2.61. The average molecular weight is 270 g/mol. The van der Waals surface area contributed by atoms with Gasteiger partial charge in [0.25, 0.3) is 0 Å². The molecule has 96 valence electrons. The summed E-state index contributed by atoms with van der Waals surface area (Å²) in [7, 11) is -3.85. The van der Waals surface area contributed by atoms with E-state index in [1.54, 1.807) is 0 Å². The number of benzene rings is 1. The average Bonchev–Trinajstić information content (AvgIpc) is 2.50. The van der Waals surface area contributed by atoms with E-state index in [4.69, 9.17) is 5.11 Å². The summed E-state index contributed by atoms with van der Waals surface area (Å²) < 4.78 is 37.4. The molecule has 1 aliphatic rings. The van der Waals surface area contributed by atoms with Crippen LogP contribution in [-0.4, -0.2) is 19.5 Å². The molecule has 0 fully saturated rings. The van der Waals surface area contributed by atoms with E-state index in [0.29, 0.717) is 0 Å². The van der Waals surface area contributed by atoms with Crippen molar-refractivity contribution in [1.82, 2.24) is 0 Å². The Morgan fingerprint density at radius 2 is 1.94 bits per heavy atom. The van der Waals surface area contributed by atoms with Crippen molar-refractivity contribution in [2.24, 2.45) is 5.41 Å². The van der Waals surface area contributed by atoms with E-state index >= 15 is 0 Å². The Labute approximate surface area is 104 Å². The molecule has 0 saturated carbocycles. The molecule has 0 aliphatic carbocycles. The van der Waals surface area contributed by atoms with Crippen LogP contribution in [-0.2, 0) is 14.6 Å². The zero-order valence-corrected chi connectivity index (χ0v) is 10.6. The lowest BCUT2D eigenvalue weighted by Crippen LogP contribution is -2.28. The quantitative estimate of drug-likeness (QED) is 0.835. The third-order valence-corrected chi connectivity index (χ3v) is 5.15. The molecule has 0 unspecified atom stereocenters. The second-order valence-corrected chi connectivity index (χ2v) is 6.51. The molecular formula is C12H11FO4S. The second-order valence-electron chi connectivity index (χ2n) is 4.62. The van der Waals surface area contributed by atoms with Crippen LogP contribution < -0.4 is 0 Å². The van der Waals surface area contributed by atoms with Gasteiger partial charge in [-0.05, 0) is 43.7 Å². The van der Waals surface area contributed by atoms with Gasteiger partial charge in [0.1, 0.15) is 5.82 Å². The minimum Gasteiger partial charge on any atom is -0.481 e. The number of carboxylic acid groups (broad SMARTS) is 1. The molecule has 1 heterocycles. The highest BCUT2D eigenvalue weighted by Crippen LogP contribution is 2.42. The van der Waals surface area contributed by atoms with E-state index in [1.807, 2.05) is 0 Å². The number of hydrogen-bond acceptors (Lipinski definition) is 3. The molecule has 0 radical (unpaired) electrons. The van der Waals surface area contributed by atoms with Crippen molar-refractivity contribution in [3.63, 3.8) is 0 Å². The summed E-state index contributed by atoms with van der Waals surface area (Å²) in [6.07, 6.45) is 1.22. The van der Waals surface area contributed by atoms with Crippen LogP contribution in [0.5, 0.6) is 0 Å². The first kappa shape index (κ1) is 12.8. The maximum Gasteiger partial charge on any atom is 0.314 e. The van der Waals surface area contributed by atoms with Crippen molar-refractivity contribution in [3.05, 3.63) is 34.5 Å². The Morgan fingerprint density at radius 1 is 1.33 bits per heavy atom. The van der Waals surface area contributed by atoms with Gasteiger partial charge < -0.3 is 5.11 Å². The van der Waals surface area contributed by atoms with Gasteiger partial charge in [0.2, 0.25) is 9.84 Å². The Morgan fingerprint density at radius 3 is 2.50 bits per heavy atom. The number of carboxylic acids is 1. The number of aliphatic carboxylic acids is 1. The summed E-state index contributed by atoms with van der Waals surface area (Å²) >= 11 is 0. The molecule has 4 nitrogen and oxygen atoms in total. The topological polar surface area (TPSA) is 71.4 Å². The Kier molecular flexibility index (Phi) is 2.59. The molecule has 0 spiro atoms. The van der Waals surface area contributed by atoms with Crippen LogP contribution in [0.2, 0.25) is 0 Å². The van der Waals surface area contributed by atoms with E-state index in [9.17, 15) is 17.6 Å². The fraction of sp³-hybridized carbons (Fsp3) is 0.250. The lowest BCUT2D eigenvalue weighted by molar-refractivity contribution is -0.144. The van der Waals surface area contributed by atoms with Gasteiger partial charge in [-0.2, -0.15) is 0 Å². The van der Waals surface area contributed by atoms with Crippen LogP contribution in [0.4, 0.5) is 4.39 Å². The summed E-state index contributed by atoms with van der Waals surface area (Å²) in [6, 6.07) is 3.28. The molecule has 0 amide bonds. The summed E-state index contributed by atoms with van der Waals surface area (Å²) in [5, 5.41) is 9.09. The SMILES string of the molecule is CC(C)(C(=O)O)C1=Cc2cc(F)ccc2S1(=O)=O. The summed E-state index contributed by atoms with van der Waals surface area (Å²) in [5.74, 6) is -1.81. The van der Waals surface area contributed by atoms with Crippen LogP contribution in [0.1, 0.15) is 19.4 Å². The third kappa shape index (κ3) is 1.64. The monoisotopic (exact) mass is 270 g/mol. The van der Waals surface area contributed by atoms with Gasteiger partial charge in [-0.1, -0.05) is 0 Å². The Balaban J connectivity index is 2.69. The fourth-order valence-electron chi connectivity index (χ4n) is 1.84. The normalized spacial score (nSPS) is 17.2. The number of halogens is 1. The van der Waals surface area contributed by atoms with E-state index in [-0.39, 0.29) is 15.4 Å². The van der Waals surface area contributed by atoms with Crippen molar-refractivity contribution in [2.75, 3.05) is 0 Å². The molecule has 1 aliphatic heterocycles. The van der Waals surface area contributed by atoms with Gasteiger partial charge >= 0.3 is 5.97 Å². The summed E-state index contributed by atoms with van der Waals surface area (Å²) in [5.41, 5.74) is -1.35. The van der Waals surface area contributed by atoms with Gasteiger partial charge in [-0.3, -0.25) is 4.79 Å². The number of rotatable bonds is 2. The second kappa shape index (κ2) is 3.65. The van der Waals surface area contributed by atoms with Crippen LogP contribution in [0.15, 0.2) is 28.0 Å². The molecule has 0 atom stereocenters. The van der Waals surface area contributed by atoms with Crippen LogP contribution in [0.3, 0.4) is 0 Å². The maximum absolute atomic E-state index is 13.1. The zero-order chi connectivity index (χ0) is 13.7. The lowest BCUT2D eigenvalue weighted by atomic mass is 9.92. The molecule has 0 bridgehead atoms. The minimum absolute atomic E-state index is 0.0479. The molecule has 1 aromatic rings. The Hall–Kier alpha value is -1.69. The van der Waals surface area contributed by atoms with Gasteiger partial charge in [-0.15, -0.1) is 0 Å². The number of sulfone groups is 1. The molecule has 0 saturated heterocycles. The fourth-order valence-corrected chi connectivity index (χ4v) is 3.79. The molecule has 18 heavy (non-hydrogen) atoms. The van der Waals surface area contributed by atoms with Crippen molar-refractivity contribution in [1.29, 1.82) is 0 Å². The maximum atomic E-state index is 13.1. The first-order valence-corrected chi connectivity index (χ1v) is 6.66. The van der Waals surface area contributed by atoms with Gasteiger partial charge in [-0.25, -0.2) is 12.8 Å². The van der Waals surface area contributed by atoms with Gasteiger partial charge in [0.15, 0.2) is 0 Å². The van der Waals surface area contributed by atoms with Crippen molar-refractivity contribution in [2.45, 2.75) is 18.7 Å². The van der Waals surface area contributed by atoms with Crippen LogP contribution >= 0.6 is 0 Å². The van der Waals surface area contributed by atoms with Crippen molar-refractivity contribution in [3.8, 4) is 0 Å². The van der Waals surface area contributed by atoms with E-state index < -0.39 is 27.0 Å². The lowest BCUT2D eigenvalue weighted by Gasteiger charge is -2.20. The number of fused-ring (bicyclic) bond motifs is 1. The highest BCUT2D eigenvalue weighted by Gasteiger charge is 2.43. The van der Waals surface area contributed by atoms with E-state index in [0.717, 1.165) is 18.2 Å². The molecule has 6 heteroatoms. The van der Waals surface area contributed by atoms with Crippen LogP contribution in [0, 0.1) is 11.2 Å². The van der Waals surface area contributed by atoms with E-state index in [2.05, 4.69) is 0 Å². The predicted octanol–water partition coefficient (Wildman–Crippen LogP) is 2.06. The minimum atomic E-state index is -3.85. The molecule has 1 aromatic carbocycles. The van der Waals surface area contributed by atoms with Gasteiger partial charge in [0, 0.05) is 0 Å². The van der Waals surface area contributed by atoms with Crippen molar-refractivity contribution < 1.29 is 22.7 Å².